The average Bonchev–Trinajstić information content (AvgIpc) is 2.33. The van der Waals surface area contributed by atoms with Crippen LogP contribution in [0.15, 0.2) is 40.9 Å². The molecule has 0 heterocycles. The molecule has 1 amide bonds. The van der Waals surface area contributed by atoms with E-state index in [9.17, 15) is 9.90 Å². The first-order valence-corrected chi connectivity index (χ1v) is 6.77. The number of hydrogen-bond acceptors (Lipinski definition) is 2. The zero-order chi connectivity index (χ0) is 14.0. The lowest BCUT2D eigenvalue weighted by Crippen LogP contribution is -2.12. The highest BCUT2D eigenvalue weighted by atomic mass is 79.9. The maximum absolute atomic E-state index is 12.0. The second kappa shape index (κ2) is 5.82. The van der Waals surface area contributed by atoms with Crippen LogP contribution in [0.1, 0.15) is 10.4 Å². The highest BCUT2D eigenvalue weighted by molar-refractivity contribution is 9.10. The zero-order valence-electron chi connectivity index (χ0n) is 9.45. The fourth-order valence-electron chi connectivity index (χ4n) is 1.47. The zero-order valence-corrected chi connectivity index (χ0v) is 12.6. The largest absolute Gasteiger partial charge is 0.507 e. The molecule has 0 spiro atoms. The van der Waals surface area contributed by atoms with Crippen molar-refractivity contribution in [3.8, 4) is 5.75 Å². The van der Waals surface area contributed by atoms with E-state index in [1.807, 2.05) is 0 Å². The Labute approximate surface area is 128 Å². The molecule has 6 heteroatoms. The Bertz CT molecular complexity index is 647. The van der Waals surface area contributed by atoms with Gasteiger partial charge in [-0.3, -0.25) is 4.79 Å². The molecule has 3 nitrogen and oxygen atoms in total. The summed E-state index contributed by atoms with van der Waals surface area (Å²) in [4.78, 5) is 12.0. The van der Waals surface area contributed by atoms with E-state index < -0.39 is 5.91 Å². The van der Waals surface area contributed by atoms with E-state index in [0.29, 0.717) is 15.7 Å². The number of halogens is 3. The van der Waals surface area contributed by atoms with Gasteiger partial charge in [-0.2, -0.15) is 0 Å². The summed E-state index contributed by atoms with van der Waals surface area (Å²) in [7, 11) is 0. The molecule has 2 rings (SSSR count). The van der Waals surface area contributed by atoms with Gasteiger partial charge in [-0.15, -0.1) is 0 Å². The van der Waals surface area contributed by atoms with E-state index >= 15 is 0 Å². The van der Waals surface area contributed by atoms with Gasteiger partial charge in [0.25, 0.3) is 5.91 Å². The van der Waals surface area contributed by atoms with Crippen molar-refractivity contribution in [2.24, 2.45) is 0 Å². The van der Waals surface area contributed by atoms with Gasteiger partial charge < -0.3 is 10.4 Å². The highest BCUT2D eigenvalue weighted by Crippen LogP contribution is 2.27. The number of phenolic OH excluding ortho intramolecular Hbond substituents is 1. The standard InChI is InChI=1S/C13H8BrCl2NO2/c14-10-4-2-8(6-11(10)16)17-13(19)9-3-1-7(15)5-12(9)18/h1-6,18H,(H,17,19). The Balaban J connectivity index is 2.23. The summed E-state index contributed by atoms with van der Waals surface area (Å²) < 4.78 is 0.738. The number of hydrogen-bond donors (Lipinski definition) is 2. The van der Waals surface area contributed by atoms with Gasteiger partial charge in [-0.05, 0) is 52.3 Å². The Hall–Kier alpha value is -1.23. The number of nitrogens with one attached hydrogen (secondary N) is 1. The predicted octanol–water partition coefficient (Wildman–Crippen LogP) is 4.71. The highest BCUT2D eigenvalue weighted by Gasteiger charge is 2.12. The van der Waals surface area contributed by atoms with Crippen molar-refractivity contribution < 1.29 is 9.90 Å². The number of anilines is 1. The molecule has 0 aliphatic carbocycles. The summed E-state index contributed by atoms with van der Waals surface area (Å²) in [5.41, 5.74) is 0.677. The van der Waals surface area contributed by atoms with Crippen molar-refractivity contribution in [1.29, 1.82) is 0 Å². The fraction of sp³-hybridized carbons (Fsp3) is 0. The maximum Gasteiger partial charge on any atom is 0.259 e. The number of carbonyl (C=O) groups excluding carboxylic acids is 1. The van der Waals surface area contributed by atoms with Gasteiger partial charge in [0.2, 0.25) is 0 Å². The lowest BCUT2D eigenvalue weighted by molar-refractivity contribution is 0.102. The first-order valence-electron chi connectivity index (χ1n) is 5.22. The molecular weight excluding hydrogens is 353 g/mol. The molecule has 0 fully saturated rings. The summed E-state index contributed by atoms with van der Waals surface area (Å²) in [5, 5.41) is 13.1. The van der Waals surface area contributed by atoms with E-state index in [-0.39, 0.29) is 11.3 Å². The van der Waals surface area contributed by atoms with Gasteiger partial charge in [0.15, 0.2) is 0 Å². The number of aromatic hydroxyl groups is 1. The molecule has 2 aromatic carbocycles. The molecule has 0 bridgehead atoms. The molecule has 0 saturated carbocycles. The molecule has 19 heavy (non-hydrogen) atoms. The quantitative estimate of drug-likeness (QED) is 0.814. The molecule has 0 aliphatic rings. The van der Waals surface area contributed by atoms with E-state index in [2.05, 4.69) is 21.2 Å². The molecule has 0 radical (unpaired) electrons. The van der Waals surface area contributed by atoms with Crippen molar-refractivity contribution in [2.75, 3.05) is 5.32 Å². The Morgan fingerprint density at radius 1 is 1.16 bits per heavy atom. The molecular formula is C13H8BrCl2NO2. The summed E-state index contributed by atoms with van der Waals surface area (Å²) >= 11 is 14.9. The summed E-state index contributed by atoms with van der Waals surface area (Å²) in [5.74, 6) is -0.610. The molecule has 0 saturated heterocycles. The van der Waals surface area contributed by atoms with Crippen molar-refractivity contribution >= 4 is 50.7 Å². The lowest BCUT2D eigenvalue weighted by Gasteiger charge is -2.08. The average molecular weight is 361 g/mol. The van der Waals surface area contributed by atoms with Crippen LogP contribution in [0.5, 0.6) is 5.75 Å². The second-order valence-corrected chi connectivity index (χ2v) is 5.44. The topological polar surface area (TPSA) is 49.3 Å². The number of rotatable bonds is 2. The molecule has 0 aliphatic heterocycles. The first kappa shape index (κ1) is 14.2. The Morgan fingerprint density at radius 2 is 1.89 bits per heavy atom. The van der Waals surface area contributed by atoms with Crippen LogP contribution in [-0.2, 0) is 0 Å². The molecule has 2 N–H and O–H groups in total. The predicted molar refractivity (Wildman–Crippen MR) is 80.2 cm³/mol. The Kier molecular flexibility index (Phi) is 4.34. The van der Waals surface area contributed by atoms with Crippen LogP contribution in [0.2, 0.25) is 10.0 Å². The van der Waals surface area contributed by atoms with Gasteiger partial charge in [0.1, 0.15) is 5.75 Å². The van der Waals surface area contributed by atoms with E-state index in [0.717, 1.165) is 4.47 Å². The van der Waals surface area contributed by atoms with Crippen LogP contribution < -0.4 is 5.32 Å². The minimum atomic E-state index is -0.437. The number of phenols is 1. The third-order valence-corrected chi connectivity index (χ3v) is 3.85. The van der Waals surface area contributed by atoms with Crippen LogP contribution >= 0.6 is 39.1 Å². The van der Waals surface area contributed by atoms with Crippen LogP contribution in [-0.4, -0.2) is 11.0 Å². The second-order valence-electron chi connectivity index (χ2n) is 3.74. The monoisotopic (exact) mass is 359 g/mol. The van der Waals surface area contributed by atoms with E-state index in [1.165, 1.54) is 18.2 Å². The minimum absolute atomic E-state index is 0.142. The third-order valence-electron chi connectivity index (χ3n) is 2.38. The van der Waals surface area contributed by atoms with Crippen molar-refractivity contribution in [3.05, 3.63) is 56.5 Å². The van der Waals surface area contributed by atoms with Gasteiger partial charge in [0.05, 0.1) is 10.6 Å². The summed E-state index contributed by atoms with van der Waals surface area (Å²) in [6.07, 6.45) is 0. The normalized spacial score (nSPS) is 10.3. The molecule has 0 aromatic heterocycles. The van der Waals surface area contributed by atoms with E-state index in [1.54, 1.807) is 18.2 Å². The van der Waals surface area contributed by atoms with E-state index in [4.69, 9.17) is 23.2 Å². The maximum atomic E-state index is 12.0. The fourth-order valence-corrected chi connectivity index (χ4v) is 2.06. The van der Waals surface area contributed by atoms with Gasteiger partial charge >= 0.3 is 0 Å². The smallest absolute Gasteiger partial charge is 0.259 e. The molecule has 98 valence electrons. The van der Waals surface area contributed by atoms with Gasteiger partial charge in [-0.25, -0.2) is 0 Å². The summed E-state index contributed by atoms with van der Waals surface area (Å²) in [6.45, 7) is 0. The minimum Gasteiger partial charge on any atom is -0.507 e. The summed E-state index contributed by atoms with van der Waals surface area (Å²) in [6, 6.07) is 9.32. The van der Waals surface area contributed by atoms with Gasteiger partial charge in [0, 0.05) is 15.2 Å². The molecule has 0 unspecified atom stereocenters. The van der Waals surface area contributed by atoms with Crippen molar-refractivity contribution in [2.45, 2.75) is 0 Å². The number of amides is 1. The van der Waals surface area contributed by atoms with Crippen LogP contribution in [0, 0.1) is 0 Å². The lowest BCUT2D eigenvalue weighted by atomic mass is 10.2. The van der Waals surface area contributed by atoms with Gasteiger partial charge in [-0.1, -0.05) is 23.2 Å². The number of benzene rings is 2. The number of carbonyl (C=O) groups is 1. The Morgan fingerprint density at radius 3 is 2.53 bits per heavy atom. The molecule has 0 atom stereocenters. The molecule has 2 aromatic rings. The first-order chi connectivity index (χ1) is 8.97. The van der Waals surface area contributed by atoms with Crippen LogP contribution in [0.25, 0.3) is 0 Å². The van der Waals surface area contributed by atoms with Crippen molar-refractivity contribution in [3.63, 3.8) is 0 Å². The van der Waals surface area contributed by atoms with Crippen LogP contribution in [0.3, 0.4) is 0 Å². The van der Waals surface area contributed by atoms with Crippen LogP contribution in [0.4, 0.5) is 5.69 Å². The van der Waals surface area contributed by atoms with Crippen molar-refractivity contribution in [1.82, 2.24) is 0 Å². The SMILES string of the molecule is O=C(Nc1ccc(Br)c(Cl)c1)c1ccc(Cl)cc1O. The third kappa shape index (κ3) is 3.41.